The summed E-state index contributed by atoms with van der Waals surface area (Å²) in [6.45, 7) is -0.283. The van der Waals surface area contributed by atoms with Gasteiger partial charge in [0.1, 0.15) is 5.82 Å². The lowest BCUT2D eigenvalue weighted by atomic mass is 10.2. The summed E-state index contributed by atoms with van der Waals surface area (Å²) in [7, 11) is 1.16. The lowest BCUT2D eigenvalue weighted by molar-refractivity contribution is -0.142. The smallest absolute Gasteiger partial charge is 0.315 e. The van der Waals surface area contributed by atoms with Gasteiger partial charge in [-0.2, -0.15) is 8.78 Å². The molecule has 0 aliphatic carbocycles. The van der Waals surface area contributed by atoms with Crippen LogP contribution in [0.4, 0.5) is 13.2 Å². The second kappa shape index (κ2) is 5.21. The number of nitrogens with zero attached hydrogens (tertiary/aromatic N) is 1. The summed E-state index contributed by atoms with van der Waals surface area (Å²) in [6, 6.07) is 3.98. The molecule has 0 spiro atoms. The molecule has 1 amide bonds. The first-order valence-corrected chi connectivity index (χ1v) is 4.77. The Morgan fingerprint density at radius 1 is 1.50 bits per heavy atom. The van der Waals surface area contributed by atoms with E-state index in [4.69, 9.17) is 11.6 Å². The Bertz CT molecular complexity index is 377. The molecule has 0 heterocycles. The number of alkyl halides is 2. The highest BCUT2D eigenvalue weighted by molar-refractivity contribution is 6.31. The van der Waals surface area contributed by atoms with Crippen LogP contribution in [0.3, 0.4) is 0 Å². The molecule has 0 saturated carbocycles. The maximum atomic E-state index is 13.3. The van der Waals surface area contributed by atoms with Gasteiger partial charge in [-0.3, -0.25) is 4.79 Å². The third-order valence-corrected chi connectivity index (χ3v) is 2.37. The van der Waals surface area contributed by atoms with E-state index in [0.717, 1.165) is 18.0 Å². The topological polar surface area (TPSA) is 20.3 Å². The molecule has 0 aliphatic rings. The van der Waals surface area contributed by atoms with Gasteiger partial charge in [0.25, 0.3) is 5.91 Å². The minimum atomic E-state index is -3.10. The van der Waals surface area contributed by atoms with Crippen LogP contribution in [-0.4, -0.2) is 24.3 Å². The van der Waals surface area contributed by atoms with Crippen LogP contribution in [0.5, 0.6) is 0 Å². The number of rotatable bonds is 3. The van der Waals surface area contributed by atoms with Crippen molar-refractivity contribution in [2.75, 3.05) is 7.05 Å². The second-order valence-corrected chi connectivity index (χ2v) is 3.60. The molecule has 2 nitrogen and oxygen atoms in total. The number of halogens is 4. The summed E-state index contributed by atoms with van der Waals surface area (Å²) in [5.41, 5.74) is 0.0284. The Labute approximate surface area is 95.6 Å². The molecule has 6 heteroatoms. The molecule has 0 atom stereocenters. The molecule has 1 rings (SSSR count). The first kappa shape index (κ1) is 12.8. The quantitative estimate of drug-likeness (QED) is 0.809. The normalized spacial score (nSPS) is 10.6. The SMILES string of the molecule is CN(Cc1c(F)cccc1Cl)C(=O)C(F)F. The minimum absolute atomic E-state index is 0.0284. The molecule has 0 N–H and O–H groups in total. The van der Waals surface area contributed by atoms with Crippen molar-refractivity contribution in [2.24, 2.45) is 0 Å². The molecule has 0 aromatic heterocycles. The van der Waals surface area contributed by atoms with Gasteiger partial charge in [-0.15, -0.1) is 0 Å². The van der Waals surface area contributed by atoms with Crippen LogP contribution in [0.1, 0.15) is 5.56 Å². The summed E-state index contributed by atoms with van der Waals surface area (Å²) in [5, 5.41) is 0.105. The molecule has 0 saturated heterocycles. The van der Waals surface area contributed by atoms with Crippen LogP contribution < -0.4 is 0 Å². The third-order valence-electron chi connectivity index (χ3n) is 2.02. The number of amides is 1. The van der Waals surface area contributed by atoms with Gasteiger partial charge in [-0.05, 0) is 12.1 Å². The molecule has 0 bridgehead atoms. The Balaban J connectivity index is 2.85. The average molecular weight is 252 g/mol. The van der Waals surface area contributed by atoms with Crippen LogP contribution in [0.15, 0.2) is 18.2 Å². The van der Waals surface area contributed by atoms with E-state index in [-0.39, 0.29) is 17.1 Å². The summed E-state index contributed by atoms with van der Waals surface area (Å²) in [6.07, 6.45) is -3.10. The lowest BCUT2D eigenvalue weighted by Gasteiger charge is -2.17. The molecule has 0 unspecified atom stereocenters. The largest absolute Gasteiger partial charge is 0.336 e. The fraction of sp³-hybridized carbons (Fsp3) is 0.300. The Morgan fingerprint density at radius 3 is 2.62 bits per heavy atom. The van der Waals surface area contributed by atoms with Crippen molar-refractivity contribution in [3.8, 4) is 0 Å². The molecule has 16 heavy (non-hydrogen) atoms. The second-order valence-electron chi connectivity index (χ2n) is 3.20. The first-order chi connectivity index (χ1) is 7.43. The molecule has 0 aliphatic heterocycles. The standard InChI is InChI=1S/C10H9ClF3NO/c1-15(10(16)9(13)14)5-6-7(11)3-2-4-8(6)12/h2-4,9H,5H2,1H3. The predicted octanol–water partition coefficient (Wildman–Crippen LogP) is 2.70. The third kappa shape index (κ3) is 2.88. The van der Waals surface area contributed by atoms with Crippen molar-refractivity contribution in [1.82, 2.24) is 4.90 Å². The highest BCUT2D eigenvalue weighted by Crippen LogP contribution is 2.20. The van der Waals surface area contributed by atoms with Gasteiger partial charge in [0.2, 0.25) is 0 Å². The van der Waals surface area contributed by atoms with Crippen molar-refractivity contribution < 1.29 is 18.0 Å². The van der Waals surface area contributed by atoms with E-state index >= 15 is 0 Å². The van der Waals surface area contributed by atoms with Gasteiger partial charge in [0.15, 0.2) is 0 Å². The Kier molecular flexibility index (Phi) is 4.18. The van der Waals surface area contributed by atoms with Gasteiger partial charge >= 0.3 is 6.43 Å². The number of hydrogen-bond donors (Lipinski definition) is 0. The van der Waals surface area contributed by atoms with Gasteiger partial charge < -0.3 is 4.90 Å². The van der Waals surface area contributed by atoms with E-state index in [9.17, 15) is 18.0 Å². The molecule has 1 aromatic carbocycles. The van der Waals surface area contributed by atoms with E-state index < -0.39 is 18.1 Å². The van der Waals surface area contributed by atoms with Crippen molar-refractivity contribution in [2.45, 2.75) is 13.0 Å². The summed E-state index contributed by atoms with van der Waals surface area (Å²) >= 11 is 5.69. The monoisotopic (exact) mass is 251 g/mol. The number of carbonyl (C=O) groups is 1. The zero-order chi connectivity index (χ0) is 12.3. The number of hydrogen-bond acceptors (Lipinski definition) is 1. The molecule has 1 aromatic rings. The van der Waals surface area contributed by atoms with Crippen molar-refractivity contribution in [3.05, 3.63) is 34.6 Å². The summed E-state index contributed by atoms with van der Waals surface area (Å²) in [5.74, 6) is -1.99. The highest BCUT2D eigenvalue weighted by atomic mass is 35.5. The fourth-order valence-electron chi connectivity index (χ4n) is 1.17. The van der Waals surface area contributed by atoms with Gasteiger partial charge in [0, 0.05) is 24.2 Å². The van der Waals surface area contributed by atoms with E-state index in [0.29, 0.717) is 0 Å². The predicted molar refractivity (Wildman–Crippen MR) is 53.9 cm³/mol. The van der Waals surface area contributed by atoms with Gasteiger partial charge in [-0.25, -0.2) is 4.39 Å². The van der Waals surface area contributed by atoms with Crippen LogP contribution in [-0.2, 0) is 11.3 Å². The van der Waals surface area contributed by atoms with Crippen LogP contribution in [0.25, 0.3) is 0 Å². The Hall–Kier alpha value is -1.23. The molecular formula is C10H9ClF3NO. The maximum Gasteiger partial charge on any atom is 0.315 e. The summed E-state index contributed by atoms with van der Waals surface area (Å²) in [4.78, 5) is 11.6. The average Bonchev–Trinajstić information content (AvgIpc) is 2.22. The zero-order valence-corrected chi connectivity index (χ0v) is 9.14. The maximum absolute atomic E-state index is 13.3. The van der Waals surface area contributed by atoms with E-state index in [1.807, 2.05) is 0 Å². The van der Waals surface area contributed by atoms with Crippen LogP contribution in [0.2, 0.25) is 5.02 Å². The van der Waals surface area contributed by atoms with E-state index in [1.165, 1.54) is 12.1 Å². The molecule has 0 radical (unpaired) electrons. The number of carbonyl (C=O) groups excluding carboxylic acids is 1. The zero-order valence-electron chi connectivity index (χ0n) is 8.38. The Morgan fingerprint density at radius 2 is 2.12 bits per heavy atom. The van der Waals surface area contributed by atoms with Crippen molar-refractivity contribution in [3.63, 3.8) is 0 Å². The van der Waals surface area contributed by atoms with Crippen LogP contribution in [0, 0.1) is 5.82 Å². The molecular weight excluding hydrogens is 243 g/mol. The first-order valence-electron chi connectivity index (χ1n) is 4.39. The lowest BCUT2D eigenvalue weighted by Crippen LogP contribution is -2.31. The van der Waals surface area contributed by atoms with Crippen LogP contribution >= 0.6 is 11.6 Å². The van der Waals surface area contributed by atoms with E-state index in [1.54, 1.807) is 0 Å². The van der Waals surface area contributed by atoms with Gasteiger partial charge in [-0.1, -0.05) is 17.7 Å². The van der Waals surface area contributed by atoms with Crippen molar-refractivity contribution >= 4 is 17.5 Å². The molecule has 88 valence electrons. The number of benzene rings is 1. The minimum Gasteiger partial charge on any atom is -0.336 e. The van der Waals surface area contributed by atoms with Crippen molar-refractivity contribution in [1.29, 1.82) is 0 Å². The fourth-order valence-corrected chi connectivity index (χ4v) is 1.39. The van der Waals surface area contributed by atoms with Gasteiger partial charge in [0.05, 0.1) is 0 Å². The summed E-state index contributed by atoms with van der Waals surface area (Å²) < 4.78 is 37.4. The highest BCUT2D eigenvalue weighted by Gasteiger charge is 2.21. The van der Waals surface area contributed by atoms with E-state index in [2.05, 4.69) is 0 Å². The molecule has 0 fully saturated rings.